The molecule has 1 amide bonds. The average molecular weight is 246 g/mol. The zero-order valence-corrected chi connectivity index (χ0v) is 10.6. The highest BCUT2D eigenvalue weighted by Crippen LogP contribution is 2.30. The van der Waals surface area contributed by atoms with E-state index in [4.69, 9.17) is 5.26 Å². The van der Waals surface area contributed by atoms with E-state index >= 15 is 0 Å². The maximum atomic E-state index is 11.2. The first-order valence-corrected chi connectivity index (χ1v) is 6.59. The van der Waals surface area contributed by atoms with Crippen molar-refractivity contribution in [2.24, 2.45) is 0 Å². The first kappa shape index (κ1) is 12.0. The third-order valence-corrected chi connectivity index (χ3v) is 4.04. The number of nitrogens with zero attached hydrogens (tertiary/aromatic N) is 2. The monoisotopic (exact) mass is 246 g/mol. The van der Waals surface area contributed by atoms with Crippen LogP contribution in [-0.4, -0.2) is 23.6 Å². The van der Waals surface area contributed by atoms with E-state index in [1.807, 2.05) is 17.8 Å². The molecule has 1 aromatic carbocycles. The van der Waals surface area contributed by atoms with Crippen molar-refractivity contribution in [1.82, 2.24) is 4.90 Å². The van der Waals surface area contributed by atoms with Gasteiger partial charge in [0.1, 0.15) is 0 Å². The summed E-state index contributed by atoms with van der Waals surface area (Å²) in [7, 11) is 1.65. The molecule has 0 fully saturated rings. The maximum Gasteiger partial charge on any atom is 0.325 e. The third kappa shape index (κ3) is 2.80. The fourth-order valence-corrected chi connectivity index (χ4v) is 2.96. The van der Waals surface area contributed by atoms with Crippen molar-refractivity contribution < 1.29 is 4.79 Å². The lowest BCUT2D eigenvalue weighted by atomic mass is 10.1. The fraction of sp³-hybridized carbons (Fsp3) is 0.385. The summed E-state index contributed by atoms with van der Waals surface area (Å²) in [5.74, 6) is 0.705. The van der Waals surface area contributed by atoms with Crippen LogP contribution in [0.25, 0.3) is 0 Å². The van der Waals surface area contributed by atoms with Gasteiger partial charge in [0.15, 0.2) is 6.07 Å². The maximum absolute atomic E-state index is 11.2. The molecule has 2 rings (SSSR count). The Morgan fingerprint density at radius 1 is 1.59 bits per heavy atom. The van der Waals surface area contributed by atoms with Gasteiger partial charge in [-0.25, -0.2) is 0 Å². The Bertz CT molecular complexity index is 479. The van der Waals surface area contributed by atoms with Crippen molar-refractivity contribution in [1.29, 1.82) is 5.26 Å². The van der Waals surface area contributed by atoms with Gasteiger partial charge in [0.05, 0.1) is 0 Å². The lowest BCUT2D eigenvalue weighted by Crippen LogP contribution is -2.24. The van der Waals surface area contributed by atoms with E-state index in [0.29, 0.717) is 6.54 Å². The number of carbonyl (C=O) groups is 1. The van der Waals surface area contributed by atoms with Crippen molar-refractivity contribution in [3.63, 3.8) is 0 Å². The lowest BCUT2D eigenvalue weighted by Gasteiger charge is -2.18. The molecule has 0 radical (unpaired) electrons. The minimum atomic E-state index is -0.489. The largest absolute Gasteiger partial charge is 0.329 e. The predicted octanol–water partition coefficient (Wildman–Crippen LogP) is 2.21. The average Bonchev–Trinajstić information content (AvgIpc) is 2.37. The fourth-order valence-electron chi connectivity index (χ4n) is 1.94. The number of benzene rings is 1. The van der Waals surface area contributed by atoms with Crippen LogP contribution in [0.5, 0.6) is 0 Å². The van der Waals surface area contributed by atoms with E-state index in [1.165, 1.54) is 27.5 Å². The summed E-state index contributed by atoms with van der Waals surface area (Å²) in [6.45, 7) is 0.504. The molecule has 1 aliphatic rings. The summed E-state index contributed by atoms with van der Waals surface area (Å²) in [6, 6.07) is 7.95. The van der Waals surface area contributed by atoms with Gasteiger partial charge in [-0.3, -0.25) is 4.79 Å². The predicted molar refractivity (Wildman–Crippen MR) is 67.6 cm³/mol. The number of aryl methyl sites for hydroxylation is 1. The second kappa shape index (κ2) is 5.24. The molecule has 1 aliphatic heterocycles. The van der Waals surface area contributed by atoms with E-state index in [9.17, 15) is 4.79 Å². The topological polar surface area (TPSA) is 44.1 Å². The van der Waals surface area contributed by atoms with Crippen LogP contribution in [-0.2, 0) is 17.8 Å². The molecule has 1 heterocycles. The second-order valence-electron chi connectivity index (χ2n) is 4.17. The molecule has 3 nitrogen and oxygen atoms in total. The molecule has 0 aromatic heterocycles. The molecule has 0 bridgehead atoms. The molecule has 0 unspecified atom stereocenters. The van der Waals surface area contributed by atoms with Crippen molar-refractivity contribution in [2.75, 3.05) is 12.8 Å². The number of nitriles is 1. The molecule has 88 valence electrons. The van der Waals surface area contributed by atoms with Crippen LogP contribution in [0.2, 0.25) is 0 Å². The van der Waals surface area contributed by atoms with Gasteiger partial charge in [0.25, 0.3) is 0 Å². The molecule has 0 atom stereocenters. The highest BCUT2D eigenvalue weighted by Gasteiger charge is 2.12. The van der Waals surface area contributed by atoms with Gasteiger partial charge in [0, 0.05) is 18.5 Å². The summed E-state index contributed by atoms with van der Waals surface area (Å²) < 4.78 is 0. The Labute approximate surface area is 105 Å². The Hall–Kier alpha value is -1.47. The lowest BCUT2D eigenvalue weighted by molar-refractivity contribution is -0.124. The number of thioether (sulfide) groups is 1. The summed E-state index contributed by atoms with van der Waals surface area (Å²) in [5, 5.41) is 8.53. The van der Waals surface area contributed by atoms with E-state index in [0.717, 1.165) is 12.0 Å². The number of fused-ring (bicyclic) bond motifs is 1. The molecule has 0 spiro atoms. The molecule has 0 saturated carbocycles. The summed E-state index contributed by atoms with van der Waals surface area (Å²) in [5.41, 5.74) is 2.47. The molecule has 4 heteroatoms. The molecule has 0 N–H and O–H groups in total. The minimum Gasteiger partial charge on any atom is -0.329 e. The molecule has 0 saturated heterocycles. The van der Waals surface area contributed by atoms with Crippen LogP contribution in [0.1, 0.15) is 17.5 Å². The van der Waals surface area contributed by atoms with Crippen molar-refractivity contribution in [3.05, 3.63) is 29.3 Å². The zero-order chi connectivity index (χ0) is 12.3. The van der Waals surface area contributed by atoms with Crippen molar-refractivity contribution >= 4 is 17.7 Å². The molecular weight excluding hydrogens is 232 g/mol. The van der Waals surface area contributed by atoms with Crippen LogP contribution in [0.3, 0.4) is 0 Å². The first-order chi connectivity index (χ1) is 8.20. The van der Waals surface area contributed by atoms with Gasteiger partial charge >= 0.3 is 5.91 Å². The number of carbonyl (C=O) groups excluding carboxylic acids is 1. The van der Waals surface area contributed by atoms with Gasteiger partial charge in [-0.05, 0) is 35.8 Å². The Morgan fingerprint density at radius 2 is 2.41 bits per heavy atom. The highest BCUT2D eigenvalue weighted by molar-refractivity contribution is 7.99. The van der Waals surface area contributed by atoms with Crippen molar-refractivity contribution in [2.45, 2.75) is 24.3 Å². The quantitative estimate of drug-likeness (QED) is 0.751. The first-order valence-electron chi connectivity index (χ1n) is 5.60. The zero-order valence-electron chi connectivity index (χ0n) is 9.77. The van der Waals surface area contributed by atoms with Crippen LogP contribution < -0.4 is 0 Å². The number of rotatable bonds is 2. The van der Waals surface area contributed by atoms with Gasteiger partial charge < -0.3 is 4.90 Å². The smallest absolute Gasteiger partial charge is 0.325 e. The van der Waals surface area contributed by atoms with E-state index in [-0.39, 0.29) is 0 Å². The minimum absolute atomic E-state index is 0.489. The van der Waals surface area contributed by atoms with Crippen LogP contribution in [0.4, 0.5) is 0 Å². The van der Waals surface area contributed by atoms with Crippen LogP contribution in [0, 0.1) is 11.3 Å². The van der Waals surface area contributed by atoms with E-state index in [1.54, 1.807) is 13.1 Å². The Balaban J connectivity index is 2.12. The number of hydrogen-bond donors (Lipinski definition) is 0. The number of amides is 1. The Morgan fingerprint density at radius 3 is 3.18 bits per heavy atom. The summed E-state index contributed by atoms with van der Waals surface area (Å²) in [4.78, 5) is 14.0. The van der Waals surface area contributed by atoms with E-state index in [2.05, 4.69) is 12.1 Å². The van der Waals surface area contributed by atoms with Crippen molar-refractivity contribution in [3.8, 4) is 6.07 Å². The highest BCUT2D eigenvalue weighted by atomic mass is 32.2. The van der Waals surface area contributed by atoms with Gasteiger partial charge in [-0.1, -0.05) is 12.1 Å². The number of hydrogen-bond acceptors (Lipinski definition) is 3. The van der Waals surface area contributed by atoms with Gasteiger partial charge in [-0.2, -0.15) is 5.26 Å². The summed E-state index contributed by atoms with van der Waals surface area (Å²) >= 11 is 1.89. The molecule has 0 aliphatic carbocycles. The second-order valence-corrected chi connectivity index (χ2v) is 5.30. The van der Waals surface area contributed by atoms with Gasteiger partial charge in [0.2, 0.25) is 0 Å². The molecule has 17 heavy (non-hydrogen) atoms. The standard InChI is InChI=1S/C13H14N2OS/c1-15(13(16)8-14)9-10-4-5-12-11(7-10)3-2-6-17-12/h4-5,7H,2-3,6,9H2,1H3. The summed E-state index contributed by atoms with van der Waals surface area (Å²) in [6.07, 6.45) is 2.33. The van der Waals surface area contributed by atoms with Gasteiger partial charge in [-0.15, -0.1) is 11.8 Å². The SMILES string of the molecule is CN(Cc1ccc2c(c1)CCCS2)C(=O)C#N. The Kier molecular flexibility index (Phi) is 3.70. The van der Waals surface area contributed by atoms with E-state index < -0.39 is 5.91 Å². The van der Waals surface area contributed by atoms with Crippen LogP contribution >= 0.6 is 11.8 Å². The normalized spacial score (nSPS) is 13.6. The molecule has 1 aromatic rings. The molecular formula is C13H14N2OS. The third-order valence-electron chi connectivity index (χ3n) is 2.84. The van der Waals surface area contributed by atoms with Crippen LogP contribution in [0.15, 0.2) is 23.1 Å².